The molecule has 1 aromatic rings. The van der Waals surface area contributed by atoms with Gasteiger partial charge in [-0.1, -0.05) is 32.4 Å². The third-order valence-corrected chi connectivity index (χ3v) is 4.68. The van der Waals surface area contributed by atoms with Crippen molar-refractivity contribution >= 4 is 0 Å². The number of piperidine rings is 1. The van der Waals surface area contributed by atoms with Gasteiger partial charge in [-0.05, 0) is 49.5 Å². The Balaban J connectivity index is 1.80. The van der Waals surface area contributed by atoms with Gasteiger partial charge in [0, 0.05) is 19.1 Å². The summed E-state index contributed by atoms with van der Waals surface area (Å²) in [7, 11) is 1.72. The average molecular weight is 290 g/mol. The highest BCUT2D eigenvalue weighted by molar-refractivity contribution is 5.27. The molecule has 1 aliphatic heterocycles. The monoisotopic (exact) mass is 290 g/mol. The van der Waals surface area contributed by atoms with Crippen LogP contribution in [0.2, 0.25) is 0 Å². The fourth-order valence-corrected chi connectivity index (χ4v) is 3.33. The van der Waals surface area contributed by atoms with E-state index in [-0.39, 0.29) is 0 Å². The molecule has 0 bridgehead atoms. The number of rotatable bonds is 7. The first kappa shape index (κ1) is 16.3. The van der Waals surface area contributed by atoms with Crippen LogP contribution < -0.4 is 10.1 Å². The third-order valence-electron chi connectivity index (χ3n) is 4.68. The molecule has 0 radical (unpaired) electrons. The number of nitrogens with zero attached hydrogens (tertiary/aromatic N) is 1. The lowest BCUT2D eigenvalue weighted by Gasteiger charge is -2.38. The number of ether oxygens (including phenoxy) is 1. The summed E-state index contributed by atoms with van der Waals surface area (Å²) in [6, 6.07) is 9.20. The van der Waals surface area contributed by atoms with Gasteiger partial charge in [0.25, 0.3) is 0 Å². The highest BCUT2D eigenvalue weighted by atomic mass is 16.5. The zero-order valence-corrected chi connectivity index (χ0v) is 13.8. The Hall–Kier alpha value is -1.06. The topological polar surface area (TPSA) is 24.5 Å². The zero-order chi connectivity index (χ0) is 15.1. The summed E-state index contributed by atoms with van der Waals surface area (Å²) in [5, 5.41) is 3.65. The maximum Gasteiger partial charge on any atom is 0.118 e. The van der Waals surface area contributed by atoms with Crippen molar-refractivity contribution in [2.24, 2.45) is 5.92 Å². The first-order valence-electron chi connectivity index (χ1n) is 8.35. The molecular weight excluding hydrogens is 260 g/mol. The standard InChI is InChI=1S/C18H30N2O/c1-4-16-14-20(13-11-18(16)19-5-2)12-10-15-6-8-17(21-3)9-7-15/h6-9,16,18-19H,4-5,10-14H2,1-3H3. The molecule has 118 valence electrons. The van der Waals surface area contributed by atoms with Crippen LogP contribution in [0.15, 0.2) is 24.3 Å². The minimum absolute atomic E-state index is 0.720. The van der Waals surface area contributed by atoms with Crippen LogP contribution in [-0.4, -0.2) is 44.2 Å². The molecule has 3 heteroatoms. The summed E-state index contributed by atoms with van der Waals surface area (Å²) in [5.74, 6) is 1.74. The fourth-order valence-electron chi connectivity index (χ4n) is 3.33. The van der Waals surface area contributed by atoms with Crippen LogP contribution in [0.4, 0.5) is 0 Å². The van der Waals surface area contributed by atoms with E-state index < -0.39 is 0 Å². The minimum atomic E-state index is 0.720. The second-order valence-corrected chi connectivity index (χ2v) is 6.02. The van der Waals surface area contributed by atoms with Crippen LogP contribution in [0.5, 0.6) is 5.75 Å². The lowest BCUT2D eigenvalue weighted by Crippen LogP contribution is -2.49. The van der Waals surface area contributed by atoms with Gasteiger partial charge >= 0.3 is 0 Å². The molecule has 0 spiro atoms. The number of benzene rings is 1. The number of hydrogen-bond donors (Lipinski definition) is 1. The van der Waals surface area contributed by atoms with E-state index >= 15 is 0 Å². The molecule has 2 unspecified atom stereocenters. The minimum Gasteiger partial charge on any atom is -0.497 e. The molecule has 0 saturated carbocycles. The van der Waals surface area contributed by atoms with Crippen LogP contribution >= 0.6 is 0 Å². The predicted octanol–water partition coefficient (Wildman–Crippen LogP) is 2.95. The smallest absolute Gasteiger partial charge is 0.118 e. The predicted molar refractivity (Wildman–Crippen MR) is 89.0 cm³/mol. The number of nitrogens with one attached hydrogen (secondary N) is 1. The van der Waals surface area contributed by atoms with Gasteiger partial charge in [0.15, 0.2) is 0 Å². The van der Waals surface area contributed by atoms with Crippen molar-refractivity contribution < 1.29 is 4.74 Å². The van der Waals surface area contributed by atoms with E-state index in [1.54, 1.807) is 7.11 Å². The number of methoxy groups -OCH3 is 1. The second-order valence-electron chi connectivity index (χ2n) is 6.02. The summed E-state index contributed by atoms with van der Waals surface area (Å²) < 4.78 is 5.21. The van der Waals surface area contributed by atoms with Gasteiger partial charge in [0.1, 0.15) is 5.75 Å². The van der Waals surface area contributed by atoms with Crippen molar-refractivity contribution in [3.05, 3.63) is 29.8 Å². The van der Waals surface area contributed by atoms with Crippen molar-refractivity contribution in [2.75, 3.05) is 33.3 Å². The molecule has 1 aromatic carbocycles. The van der Waals surface area contributed by atoms with Crippen molar-refractivity contribution in [3.63, 3.8) is 0 Å². The highest BCUT2D eigenvalue weighted by Gasteiger charge is 2.26. The first-order chi connectivity index (χ1) is 10.3. The van der Waals surface area contributed by atoms with Crippen molar-refractivity contribution in [3.8, 4) is 5.75 Å². The second kappa shape index (κ2) is 8.40. The summed E-state index contributed by atoms with van der Waals surface area (Å²) in [6.07, 6.45) is 3.69. The molecule has 2 rings (SSSR count). The average Bonchev–Trinajstić information content (AvgIpc) is 2.54. The van der Waals surface area contributed by atoms with Crippen molar-refractivity contribution in [2.45, 2.75) is 39.2 Å². The van der Waals surface area contributed by atoms with E-state index in [1.165, 1.54) is 38.0 Å². The van der Waals surface area contributed by atoms with Crippen LogP contribution in [0.3, 0.4) is 0 Å². The van der Waals surface area contributed by atoms with Gasteiger partial charge in [-0.3, -0.25) is 0 Å². The molecule has 0 aromatic heterocycles. The number of hydrogen-bond acceptors (Lipinski definition) is 3. The molecule has 0 aliphatic carbocycles. The van der Waals surface area contributed by atoms with Gasteiger partial charge in [0.05, 0.1) is 7.11 Å². The van der Waals surface area contributed by atoms with Crippen molar-refractivity contribution in [1.82, 2.24) is 10.2 Å². The molecule has 1 heterocycles. The molecule has 1 aliphatic rings. The van der Waals surface area contributed by atoms with Crippen LogP contribution in [0, 0.1) is 5.92 Å². The highest BCUT2D eigenvalue weighted by Crippen LogP contribution is 2.21. The molecule has 1 fully saturated rings. The third kappa shape index (κ3) is 4.72. The van der Waals surface area contributed by atoms with Gasteiger partial charge in [-0.25, -0.2) is 0 Å². The molecule has 1 saturated heterocycles. The van der Waals surface area contributed by atoms with Gasteiger partial charge in [0.2, 0.25) is 0 Å². The van der Waals surface area contributed by atoms with E-state index in [2.05, 4.69) is 48.3 Å². The summed E-state index contributed by atoms with van der Waals surface area (Å²) >= 11 is 0. The Morgan fingerprint density at radius 2 is 2.00 bits per heavy atom. The van der Waals surface area contributed by atoms with E-state index in [1.807, 2.05) is 0 Å². The van der Waals surface area contributed by atoms with E-state index in [0.29, 0.717) is 0 Å². The summed E-state index contributed by atoms with van der Waals surface area (Å²) in [5.41, 5.74) is 1.40. The van der Waals surface area contributed by atoms with Crippen LogP contribution in [-0.2, 0) is 6.42 Å². The molecule has 0 amide bonds. The lowest BCUT2D eigenvalue weighted by atomic mass is 9.89. The lowest BCUT2D eigenvalue weighted by molar-refractivity contribution is 0.137. The van der Waals surface area contributed by atoms with Crippen molar-refractivity contribution in [1.29, 1.82) is 0 Å². The summed E-state index contributed by atoms with van der Waals surface area (Å²) in [6.45, 7) is 9.26. The summed E-state index contributed by atoms with van der Waals surface area (Å²) in [4.78, 5) is 2.63. The molecule has 3 nitrogen and oxygen atoms in total. The Morgan fingerprint density at radius 3 is 2.62 bits per heavy atom. The Kier molecular flexibility index (Phi) is 6.52. The first-order valence-corrected chi connectivity index (χ1v) is 8.35. The normalized spacial score (nSPS) is 23.2. The largest absolute Gasteiger partial charge is 0.497 e. The Labute approximate surface area is 129 Å². The Morgan fingerprint density at radius 1 is 1.24 bits per heavy atom. The maximum absolute atomic E-state index is 5.21. The quantitative estimate of drug-likeness (QED) is 0.835. The molecule has 1 N–H and O–H groups in total. The molecule has 2 atom stereocenters. The Bertz CT molecular complexity index is 404. The maximum atomic E-state index is 5.21. The van der Waals surface area contributed by atoms with Gasteiger partial charge in [-0.15, -0.1) is 0 Å². The van der Waals surface area contributed by atoms with E-state index in [0.717, 1.165) is 30.7 Å². The molecular formula is C18H30N2O. The molecule has 21 heavy (non-hydrogen) atoms. The number of likely N-dealkylation sites (tertiary alicyclic amines) is 1. The van der Waals surface area contributed by atoms with Gasteiger partial charge in [-0.2, -0.15) is 0 Å². The zero-order valence-electron chi connectivity index (χ0n) is 13.8. The van der Waals surface area contributed by atoms with Crippen LogP contribution in [0.25, 0.3) is 0 Å². The van der Waals surface area contributed by atoms with Crippen LogP contribution in [0.1, 0.15) is 32.3 Å². The van der Waals surface area contributed by atoms with E-state index in [4.69, 9.17) is 4.74 Å². The van der Waals surface area contributed by atoms with E-state index in [9.17, 15) is 0 Å². The fraction of sp³-hybridized carbons (Fsp3) is 0.667. The SMILES string of the molecule is CCNC1CCN(CCc2ccc(OC)cc2)CC1CC. The van der Waals surface area contributed by atoms with Gasteiger partial charge < -0.3 is 15.0 Å².